The molecule has 0 spiro atoms. The van der Waals surface area contributed by atoms with Gasteiger partial charge in [0.15, 0.2) is 0 Å². The van der Waals surface area contributed by atoms with E-state index in [1.165, 1.54) is 17.6 Å². The summed E-state index contributed by atoms with van der Waals surface area (Å²) in [7, 11) is -2.57. The van der Waals surface area contributed by atoms with Crippen molar-refractivity contribution in [3.05, 3.63) is 58.7 Å². The van der Waals surface area contributed by atoms with Crippen molar-refractivity contribution in [2.75, 3.05) is 33.3 Å². The Morgan fingerprint density at radius 3 is 2.36 bits per heavy atom. The van der Waals surface area contributed by atoms with Crippen molar-refractivity contribution < 1.29 is 32.6 Å². The number of carboxylic acid groups (broad SMARTS) is 1. The molecule has 0 bridgehead atoms. The van der Waals surface area contributed by atoms with Crippen molar-refractivity contribution in [3.8, 4) is 17.0 Å². The van der Waals surface area contributed by atoms with E-state index in [4.69, 9.17) is 4.74 Å². The van der Waals surface area contributed by atoms with E-state index in [1.807, 2.05) is 28.8 Å². The van der Waals surface area contributed by atoms with Gasteiger partial charge < -0.3 is 19.3 Å². The normalized spacial score (nSPS) is 17.8. The molecule has 3 heterocycles. The first-order chi connectivity index (χ1) is 21.1. The summed E-state index contributed by atoms with van der Waals surface area (Å²) in [6, 6.07) is 10.8. The predicted octanol–water partition coefficient (Wildman–Crippen LogP) is 3.98. The number of aromatic nitrogens is 1. The lowest BCUT2D eigenvalue weighted by atomic mass is 9.81. The summed E-state index contributed by atoms with van der Waals surface area (Å²) >= 11 is 0. The molecule has 1 aromatic heterocycles. The maximum absolute atomic E-state index is 13.4. The minimum absolute atomic E-state index is 0.0781. The molecular formula is C32H36N4O7S. The number of benzene rings is 2. The Labute approximate surface area is 256 Å². The van der Waals surface area contributed by atoms with Crippen LogP contribution < -0.4 is 9.46 Å². The first-order valence-electron chi connectivity index (χ1n) is 14.9. The summed E-state index contributed by atoms with van der Waals surface area (Å²) in [6.45, 7) is 2.20. The number of aliphatic carboxylic acids is 1. The number of nitrogens with one attached hydrogen (secondary N) is 1. The highest BCUT2D eigenvalue weighted by Gasteiger charge is 2.32. The number of nitrogens with zero attached hydrogens (tertiary/aromatic N) is 3. The van der Waals surface area contributed by atoms with Crippen LogP contribution in [0.5, 0.6) is 5.75 Å². The van der Waals surface area contributed by atoms with E-state index in [2.05, 4.69) is 4.72 Å². The average Bonchev–Trinajstić information content (AvgIpc) is 3.23. The van der Waals surface area contributed by atoms with E-state index >= 15 is 0 Å². The van der Waals surface area contributed by atoms with Gasteiger partial charge in [0.1, 0.15) is 5.75 Å². The number of carbonyl (C=O) groups excluding carboxylic acids is 2. The molecule has 1 aliphatic carbocycles. The quantitative estimate of drug-likeness (QED) is 0.425. The third-order valence-corrected chi connectivity index (χ3v) is 10.6. The molecular weight excluding hydrogens is 584 g/mol. The minimum atomic E-state index is -4.14. The van der Waals surface area contributed by atoms with E-state index < -0.39 is 22.1 Å². The lowest BCUT2D eigenvalue weighted by molar-refractivity contribution is -0.133. The molecule has 2 aliphatic heterocycles. The third-order valence-electron chi connectivity index (χ3n) is 9.07. The molecule has 44 heavy (non-hydrogen) atoms. The van der Waals surface area contributed by atoms with Crippen LogP contribution in [-0.2, 0) is 26.3 Å². The molecule has 12 heteroatoms. The number of ether oxygens (including phenoxy) is 1. The first-order valence-corrected chi connectivity index (χ1v) is 16.4. The van der Waals surface area contributed by atoms with Crippen molar-refractivity contribution >= 4 is 45.0 Å². The molecule has 0 unspecified atom stereocenters. The molecule has 232 valence electrons. The van der Waals surface area contributed by atoms with Crippen LogP contribution in [0.15, 0.2) is 42.0 Å². The van der Waals surface area contributed by atoms with Crippen LogP contribution in [0.2, 0.25) is 0 Å². The van der Waals surface area contributed by atoms with Gasteiger partial charge in [-0.05, 0) is 66.3 Å². The van der Waals surface area contributed by atoms with Crippen molar-refractivity contribution in [3.63, 3.8) is 0 Å². The van der Waals surface area contributed by atoms with Gasteiger partial charge in [-0.2, -0.15) is 12.7 Å². The minimum Gasteiger partial charge on any atom is -0.497 e. The Morgan fingerprint density at radius 2 is 1.70 bits per heavy atom. The lowest BCUT2D eigenvalue weighted by Crippen LogP contribution is -2.53. The number of hydrogen-bond donors (Lipinski definition) is 2. The van der Waals surface area contributed by atoms with Gasteiger partial charge in [0.05, 0.1) is 24.9 Å². The zero-order chi connectivity index (χ0) is 31.2. The maximum Gasteiger partial charge on any atom is 0.333 e. The molecule has 6 rings (SSSR count). The number of amides is 2. The van der Waals surface area contributed by atoms with Crippen LogP contribution >= 0.6 is 0 Å². The van der Waals surface area contributed by atoms with Gasteiger partial charge in [-0.3, -0.25) is 9.59 Å². The molecule has 1 saturated heterocycles. The van der Waals surface area contributed by atoms with Crippen molar-refractivity contribution in [1.82, 2.24) is 18.5 Å². The zero-order valence-corrected chi connectivity index (χ0v) is 25.7. The van der Waals surface area contributed by atoms with E-state index in [0.29, 0.717) is 11.3 Å². The van der Waals surface area contributed by atoms with Crippen LogP contribution in [0.3, 0.4) is 0 Å². The number of fused-ring (bicyclic) bond motifs is 5. The smallest absolute Gasteiger partial charge is 0.333 e. The van der Waals surface area contributed by atoms with E-state index in [-0.39, 0.29) is 55.7 Å². The van der Waals surface area contributed by atoms with Crippen LogP contribution in [-0.4, -0.2) is 78.4 Å². The Balaban J connectivity index is 1.44. The topological polar surface area (TPSA) is 138 Å². The second kappa shape index (κ2) is 11.7. The van der Waals surface area contributed by atoms with Crippen molar-refractivity contribution in [2.45, 2.75) is 51.5 Å². The van der Waals surface area contributed by atoms with E-state index in [0.717, 1.165) is 53.5 Å². The SMILES string of the molecule is COc1ccc2c(c1)C=C(C(=O)O)Cn1c-2c(C2CCCCC2)c2ccc(C(=O)NS(=O)(=O)N3CCN(C(C)=O)CC3)cc21. The fourth-order valence-corrected chi connectivity index (χ4v) is 7.92. The van der Waals surface area contributed by atoms with E-state index in [1.54, 1.807) is 30.2 Å². The van der Waals surface area contributed by atoms with Gasteiger partial charge in [-0.1, -0.05) is 25.3 Å². The largest absolute Gasteiger partial charge is 0.497 e. The monoisotopic (exact) mass is 620 g/mol. The molecule has 2 aromatic carbocycles. The van der Waals surface area contributed by atoms with Gasteiger partial charge in [0.2, 0.25) is 5.91 Å². The van der Waals surface area contributed by atoms with Crippen LogP contribution in [0.25, 0.3) is 28.2 Å². The summed E-state index contributed by atoms with van der Waals surface area (Å²) < 4.78 is 37.0. The van der Waals surface area contributed by atoms with Gasteiger partial charge in [0, 0.05) is 55.1 Å². The second-order valence-electron chi connectivity index (χ2n) is 11.7. The van der Waals surface area contributed by atoms with Gasteiger partial charge in [-0.25, -0.2) is 9.52 Å². The summed E-state index contributed by atoms with van der Waals surface area (Å²) in [5.74, 6) is -1.06. The summed E-state index contributed by atoms with van der Waals surface area (Å²) in [6.07, 6.45) is 7.07. The zero-order valence-electron chi connectivity index (χ0n) is 24.8. The molecule has 1 saturated carbocycles. The number of methoxy groups -OCH3 is 1. The molecule has 0 radical (unpaired) electrons. The summed E-state index contributed by atoms with van der Waals surface area (Å²) in [5, 5.41) is 11.1. The van der Waals surface area contributed by atoms with Gasteiger partial charge >= 0.3 is 16.2 Å². The Hall–Kier alpha value is -4.16. The Morgan fingerprint density at radius 1 is 0.977 bits per heavy atom. The molecule has 0 atom stereocenters. The van der Waals surface area contributed by atoms with Crippen LogP contribution in [0, 0.1) is 0 Å². The summed E-state index contributed by atoms with van der Waals surface area (Å²) in [4.78, 5) is 39.0. The number of carboxylic acids is 1. The van der Waals surface area contributed by atoms with Gasteiger partial charge in [-0.15, -0.1) is 0 Å². The Bertz CT molecular complexity index is 1800. The number of carbonyl (C=O) groups is 3. The Kier molecular flexibility index (Phi) is 7.97. The van der Waals surface area contributed by atoms with E-state index in [9.17, 15) is 27.9 Å². The first kappa shape index (κ1) is 29.9. The standard InChI is InChI=1S/C32H36N4O7S/c1-20(37)34-12-14-35(15-13-34)44(41,42)33-31(38)22-8-10-27-28(18-22)36-19-24(32(39)40)16-23-17-25(43-2)9-11-26(23)30(36)29(27)21-6-4-3-5-7-21/h8-11,16-18,21H,3-7,12-15,19H2,1-2H3,(H,33,38)(H,39,40). The predicted molar refractivity (Wildman–Crippen MR) is 166 cm³/mol. The fourth-order valence-electron chi connectivity index (χ4n) is 6.80. The average molecular weight is 621 g/mol. The van der Waals surface area contributed by atoms with Crippen LogP contribution in [0.4, 0.5) is 0 Å². The molecule has 3 aromatic rings. The lowest BCUT2D eigenvalue weighted by Gasteiger charge is -2.33. The molecule has 3 aliphatic rings. The highest BCUT2D eigenvalue weighted by molar-refractivity contribution is 7.87. The highest BCUT2D eigenvalue weighted by atomic mass is 32.2. The fraction of sp³-hybridized carbons (Fsp3) is 0.406. The molecule has 2 fully saturated rings. The molecule has 11 nitrogen and oxygen atoms in total. The van der Waals surface area contributed by atoms with Gasteiger partial charge in [0.25, 0.3) is 5.91 Å². The van der Waals surface area contributed by atoms with Crippen molar-refractivity contribution in [2.24, 2.45) is 0 Å². The maximum atomic E-state index is 13.4. The summed E-state index contributed by atoms with van der Waals surface area (Å²) in [5.41, 5.74) is 4.70. The molecule has 2 amide bonds. The highest BCUT2D eigenvalue weighted by Crippen LogP contribution is 2.47. The molecule has 2 N–H and O–H groups in total. The van der Waals surface area contributed by atoms with Crippen LogP contribution in [0.1, 0.15) is 66.4 Å². The number of hydrogen-bond acceptors (Lipinski definition) is 6. The number of rotatable bonds is 6. The third kappa shape index (κ3) is 5.48. The number of piperazine rings is 1. The second-order valence-corrected chi connectivity index (χ2v) is 13.4. The van der Waals surface area contributed by atoms with Crippen molar-refractivity contribution in [1.29, 1.82) is 0 Å².